The molecule has 2 rings (SSSR count). The number of hydrogen-bond acceptors (Lipinski definition) is 4. The summed E-state index contributed by atoms with van der Waals surface area (Å²) in [5.74, 6) is 0.717. The molecule has 1 aliphatic rings. The first-order chi connectivity index (χ1) is 7.81. The lowest BCUT2D eigenvalue weighted by atomic mass is 10.1. The van der Waals surface area contributed by atoms with Crippen molar-refractivity contribution in [2.24, 2.45) is 0 Å². The van der Waals surface area contributed by atoms with Gasteiger partial charge in [0.2, 0.25) is 0 Å². The van der Waals surface area contributed by atoms with Gasteiger partial charge < -0.3 is 19.9 Å². The summed E-state index contributed by atoms with van der Waals surface area (Å²) >= 11 is 0. The fourth-order valence-electron chi connectivity index (χ4n) is 1.80. The Bertz CT molecular complexity index is 348. The number of morpholine rings is 1. The maximum absolute atomic E-state index is 9.59. The van der Waals surface area contributed by atoms with Crippen LogP contribution in [0.3, 0.4) is 0 Å². The van der Waals surface area contributed by atoms with Crippen molar-refractivity contribution in [3.8, 4) is 11.5 Å². The number of nitrogens with one attached hydrogen (secondary N) is 1. The summed E-state index contributed by atoms with van der Waals surface area (Å²) in [7, 11) is 0. The van der Waals surface area contributed by atoms with Gasteiger partial charge in [0.25, 0.3) is 0 Å². The third kappa shape index (κ3) is 2.46. The molecular weight excluding hydrogens is 206 g/mol. The van der Waals surface area contributed by atoms with Crippen LogP contribution in [0.4, 0.5) is 0 Å². The largest absolute Gasteiger partial charge is 0.504 e. The van der Waals surface area contributed by atoms with E-state index in [4.69, 9.17) is 9.47 Å². The van der Waals surface area contributed by atoms with Crippen molar-refractivity contribution in [1.82, 2.24) is 5.32 Å². The summed E-state index contributed by atoms with van der Waals surface area (Å²) < 4.78 is 10.8. The van der Waals surface area contributed by atoms with E-state index in [2.05, 4.69) is 5.32 Å². The molecule has 1 aliphatic heterocycles. The van der Waals surface area contributed by atoms with Crippen LogP contribution in [0.2, 0.25) is 0 Å². The van der Waals surface area contributed by atoms with Crippen molar-refractivity contribution in [3.63, 3.8) is 0 Å². The highest BCUT2D eigenvalue weighted by molar-refractivity contribution is 5.42. The van der Waals surface area contributed by atoms with Crippen LogP contribution in [-0.4, -0.2) is 31.5 Å². The molecule has 88 valence electrons. The number of aromatic hydroxyl groups is 1. The maximum atomic E-state index is 9.59. The molecule has 1 aromatic carbocycles. The van der Waals surface area contributed by atoms with Crippen molar-refractivity contribution in [2.45, 2.75) is 13.0 Å². The monoisotopic (exact) mass is 223 g/mol. The summed E-state index contributed by atoms with van der Waals surface area (Å²) in [6.45, 7) is 4.72. The first-order valence-electron chi connectivity index (χ1n) is 5.58. The molecule has 0 amide bonds. The molecule has 0 saturated carbocycles. The van der Waals surface area contributed by atoms with E-state index in [-0.39, 0.29) is 11.8 Å². The molecule has 0 aromatic heterocycles. The van der Waals surface area contributed by atoms with Crippen LogP contribution < -0.4 is 10.1 Å². The second kappa shape index (κ2) is 5.18. The zero-order valence-electron chi connectivity index (χ0n) is 9.40. The molecule has 1 heterocycles. The third-order valence-electron chi connectivity index (χ3n) is 2.61. The maximum Gasteiger partial charge on any atom is 0.161 e. The van der Waals surface area contributed by atoms with Gasteiger partial charge >= 0.3 is 0 Å². The highest BCUT2D eigenvalue weighted by atomic mass is 16.5. The average Bonchev–Trinajstić information content (AvgIpc) is 2.33. The fraction of sp³-hybridized carbons (Fsp3) is 0.500. The van der Waals surface area contributed by atoms with E-state index in [1.165, 1.54) is 0 Å². The molecule has 2 N–H and O–H groups in total. The minimum absolute atomic E-state index is 0.183. The van der Waals surface area contributed by atoms with Gasteiger partial charge in [0.1, 0.15) is 0 Å². The number of phenolic OH excluding ortho intramolecular Hbond substituents is 1. The molecule has 1 unspecified atom stereocenters. The molecule has 0 aliphatic carbocycles. The summed E-state index contributed by atoms with van der Waals surface area (Å²) in [4.78, 5) is 0. The first-order valence-corrected chi connectivity index (χ1v) is 5.58. The number of rotatable bonds is 3. The van der Waals surface area contributed by atoms with Crippen LogP contribution in [0.5, 0.6) is 11.5 Å². The van der Waals surface area contributed by atoms with Crippen LogP contribution in [0.15, 0.2) is 18.2 Å². The minimum atomic E-state index is 0.183. The van der Waals surface area contributed by atoms with Crippen molar-refractivity contribution in [1.29, 1.82) is 0 Å². The van der Waals surface area contributed by atoms with Gasteiger partial charge in [-0.25, -0.2) is 0 Å². The molecule has 1 fully saturated rings. The highest BCUT2D eigenvalue weighted by Gasteiger charge is 2.16. The van der Waals surface area contributed by atoms with E-state index < -0.39 is 0 Å². The van der Waals surface area contributed by atoms with Crippen molar-refractivity contribution in [2.75, 3.05) is 26.4 Å². The molecule has 1 saturated heterocycles. The van der Waals surface area contributed by atoms with Gasteiger partial charge in [0, 0.05) is 6.54 Å². The molecule has 16 heavy (non-hydrogen) atoms. The summed E-state index contributed by atoms with van der Waals surface area (Å²) in [5, 5.41) is 12.9. The van der Waals surface area contributed by atoms with Crippen LogP contribution >= 0.6 is 0 Å². The van der Waals surface area contributed by atoms with Crippen molar-refractivity contribution >= 4 is 0 Å². The predicted octanol–water partition coefficient (Wildman–Crippen LogP) is 1.45. The summed E-state index contributed by atoms with van der Waals surface area (Å²) in [6, 6.07) is 5.61. The molecule has 4 nitrogen and oxygen atoms in total. The van der Waals surface area contributed by atoms with E-state index in [1.807, 2.05) is 19.1 Å². The molecule has 0 spiro atoms. The Hall–Kier alpha value is -1.26. The van der Waals surface area contributed by atoms with Crippen LogP contribution in [-0.2, 0) is 4.74 Å². The highest BCUT2D eigenvalue weighted by Crippen LogP contribution is 2.29. The Morgan fingerprint density at radius 2 is 2.44 bits per heavy atom. The molecule has 1 aromatic rings. The Morgan fingerprint density at radius 1 is 1.56 bits per heavy atom. The van der Waals surface area contributed by atoms with E-state index in [9.17, 15) is 5.11 Å². The van der Waals surface area contributed by atoms with Gasteiger partial charge in [-0.3, -0.25) is 0 Å². The van der Waals surface area contributed by atoms with Crippen LogP contribution in [0, 0.1) is 0 Å². The van der Waals surface area contributed by atoms with Crippen LogP contribution in [0.25, 0.3) is 0 Å². The molecule has 4 heteroatoms. The van der Waals surface area contributed by atoms with Crippen molar-refractivity contribution in [3.05, 3.63) is 23.8 Å². The minimum Gasteiger partial charge on any atom is -0.504 e. The number of hydrogen-bond donors (Lipinski definition) is 2. The van der Waals surface area contributed by atoms with Gasteiger partial charge in [-0.2, -0.15) is 0 Å². The van der Waals surface area contributed by atoms with E-state index >= 15 is 0 Å². The molecule has 1 atom stereocenters. The Kier molecular flexibility index (Phi) is 3.64. The SMILES string of the molecule is CCOc1cc(C2COCCN2)ccc1O. The third-order valence-corrected chi connectivity index (χ3v) is 2.61. The Labute approximate surface area is 95.2 Å². The molecule has 0 bridgehead atoms. The Balaban J connectivity index is 2.17. The van der Waals surface area contributed by atoms with Gasteiger partial charge in [-0.1, -0.05) is 6.07 Å². The van der Waals surface area contributed by atoms with E-state index in [0.29, 0.717) is 19.0 Å². The van der Waals surface area contributed by atoms with Crippen LogP contribution in [0.1, 0.15) is 18.5 Å². The first kappa shape index (κ1) is 11.2. The lowest BCUT2D eigenvalue weighted by Crippen LogP contribution is -2.34. The van der Waals surface area contributed by atoms with E-state index in [1.54, 1.807) is 6.07 Å². The van der Waals surface area contributed by atoms with Gasteiger partial charge in [-0.15, -0.1) is 0 Å². The molecule has 0 radical (unpaired) electrons. The quantitative estimate of drug-likeness (QED) is 0.814. The lowest BCUT2D eigenvalue weighted by Gasteiger charge is -2.24. The standard InChI is InChI=1S/C12H17NO3/c1-2-16-12-7-9(3-4-11(12)14)10-8-15-6-5-13-10/h3-4,7,10,13-14H,2,5-6,8H2,1H3. The lowest BCUT2D eigenvalue weighted by molar-refractivity contribution is 0.0768. The summed E-state index contributed by atoms with van der Waals surface area (Å²) in [5.41, 5.74) is 1.08. The molecular formula is C12H17NO3. The number of benzene rings is 1. The van der Waals surface area contributed by atoms with E-state index in [0.717, 1.165) is 18.7 Å². The van der Waals surface area contributed by atoms with Gasteiger partial charge in [0.05, 0.1) is 25.9 Å². The van der Waals surface area contributed by atoms with Gasteiger partial charge in [-0.05, 0) is 24.6 Å². The summed E-state index contributed by atoms with van der Waals surface area (Å²) in [6.07, 6.45) is 0. The Morgan fingerprint density at radius 3 is 3.12 bits per heavy atom. The fourth-order valence-corrected chi connectivity index (χ4v) is 1.80. The average molecular weight is 223 g/mol. The second-order valence-electron chi connectivity index (χ2n) is 3.74. The second-order valence-corrected chi connectivity index (χ2v) is 3.74. The number of phenols is 1. The zero-order valence-corrected chi connectivity index (χ0v) is 9.40. The topological polar surface area (TPSA) is 50.7 Å². The smallest absolute Gasteiger partial charge is 0.161 e. The number of ether oxygens (including phenoxy) is 2. The van der Waals surface area contributed by atoms with Crippen molar-refractivity contribution < 1.29 is 14.6 Å². The predicted molar refractivity (Wildman–Crippen MR) is 60.8 cm³/mol. The van der Waals surface area contributed by atoms with Gasteiger partial charge in [0.15, 0.2) is 11.5 Å². The zero-order chi connectivity index (χ0) is 11.4. The normalized spacial score (nSPS) is 20.7.